The fourth-order valence-corrected chi connectivity index (χ4v) is 3.64. The molecule has 6 heteroatoms. The SMILES string of the molecule is CC(C)(CO)CCCCc1cc(=O)cc(/C=C/c2cc(=O)cc(CCCCC(C)(C)CO)o2)o1. The molecule has 2 N–H and O–H groups in total. The van der Waals surface area contributed by atoms with Gasteiger partial charge in [-0.25, -0.2) is 0 Å². The Hall–Kier alpha value is -2.44. The van der Waals surface area contributed by atoms with E-state index in [0.717, 1.165) is 38.5 Å². The van der Waals surface area contributed by atoms with Crippen molar-refractivity contribution in [3.05, 3.63) is 67.8 Å². The lowest BCUT2D eigenvalue weighted by Crippen LogP contribution is -2.16. The maximum absolute atomic E-state index is 12.1. The number of aliphatic hydroxyl groups excluding tert-OH is 2. The highest BCUT2D eigenvalue weighted by molar-refractivity contribution is 5.64. The first kappa shape index (κ1) is 27.8. The van der Waals surface area contributed by atoms with Crippen molar-refractivity contribution in [2.75, 3.05) is 13.2 Å². The zero-order valence-electron chi connectivity index (χ0n) is 21.1. The highest BCUT2D eigenvalue weighted by Gasteiger charge is 2.16. The summed E-state index contributed by atoms with van der Waals surface area (Å²) in [6.07, 6.45) is 10.0. The van der Waals surface area contributed by atoms with Crippen LogP contribution < -0.4 is 10.9 Å². The molecule has 0 bridgehead atoms. The molecule has 6 nitrogen and oxygen atoms in total. The van der Waals surface area contributed by atoms with Gasteiger partial charge in [-0.1, -0.05) is 40.5 Å². The van der Waals surface area contributed by atoms with Crippen LogP contribution in [0.2, 0.25) is 0 Å². The van der Waals surface area contributed by atoms with E-state index in [4.69, 9.17) is 8.83 Å². The maximum Gasteiger partial charge on any atom is 0.185 e. The highest BCUT2D eigenvalue weighted by atomic mass is 16.3. The molecule has 2 aromatic heterocycles. The van der Waals surface area contributed by atoms with Crippen LogP contribution in [0.3, 0.4) is 0 Å². The summed E-state index contributed by atoms with van der Waals surface area (Å²) in [7, 11) is 0. The van der Waals surface area contributed by atoms with E-state index in [2.05, 4.69) is 0 Å². The molecule has 0 amide bonds. The Labute approximate surface area is 202 Å². The van der Waals surface area contributed by atoms with Gasteiger partial charge >= 0.3 is 0 Å². The molecule has 0 unspecified atom stereocenters. The molecule has 188 valence electrons. The van der Waals surface area contributed by atoms with Crippen LogP contribution in [0.4, 0.5) is 0 Å². The van der Waals surface area contributed by atoms with E-state index in [1.807, 2.05) is 27.7 Å². The standard InChI is InChI=1S/C28H40O6/c1-27(2,19-29)13-7-5-9-23-15-21(31)17-25(33-23)11-12-26-18-22(32)16-24(34-26)10-6-8-14-28(3,4)20-30/h11-12,15-18,29-30H,5-10,13-14,19-20H2,1-4H3/b12-11+. The Bertz CT molecular complexity index is 958. The zero-order valence-corrected chi connectivity index (χ0v) is 21.1. The summed E-state index contributed by atoms with van der Waals surface area (Å²) < 4.78 is 11.7. The van der Waals surface area contributed by atoms with Gasteiger partial charge in [-0.15, -0.1) is 0 Å². The Kier molecular flexibility index (Phi) is 10.5. The highest BCUT2D eigenvalue weighted by Crippen LogP contribution is 2.24. The lowest BCUT2D eigenvalue weighted by molar-refractivity contribution is 0.147. The number of unbranched alkanes of at least 4 members (excludes halogenated alkanes) is 2. The van der Waals surface area contributed by atoms with Gasteiger partial charge in [0.05, 0.1) is 0 Å². The third kappa shape index (κ3) is 10.2. The van der Waals surface area contributed by atoms with E-state index < -0.39 is 0 Å². The molecular weight excluding hydrogens is 432 g/mol. The van der Waals surface area contributed by atoms with Crippen LogP contribution in [0.15, 0.2) is 42.7 Å². The van der Waals surface area contributed by atoms with Gasteiger partial charge in [-0.2, -0.15) is 0 Å². The van der Waals surface area contributed by atoms with E-state index in [0.29, 0.717) is 35.9 Å². The van der Waals surface area contributed by atoms with Gasteiger partial charge in [-0.05, 0) is 48.7 Å². The average Bonchev–Trinajstić information content (AvgIpc) is 2.78. The summed E-state index contributed by atoms with van der Waals surface area (Å²) in [5.41, 5.74) is -0.449. The second-order valence-corrected chi connectivity index (χ2v) is 10.7. The van der Waals surface area contributed by atoms with Gasteiger partial charge in [0.15, 0.2) is 10.9 Å². The van der Waals surface area contributed by atoms with E-state index in [1.165, 1.54) is 24.3 Å². The number of rotatable bonds is 14. The molecular formula is C28H40O6. The Morgan fingerprint density at radius 3 is 1.41 bits per heavy atom. The van der Waals surface area contributed by atoms with Crippen molar-refractivity contribution >= 4 is 12.2 Å². The van der Waals surface area contributed by atoms with Gasteiger partial charge in [-0.3, -0.25) is 9.59 Å². The van der Waals surface area contributed by atoms with Crippen molar-refractivity contribution < 1.29 is 19.0 Å². The minimum absolute atomic E-state index is 0.0973. The number of hydrogen-bond donors (Lipinski definition) is 2. The Balaban J connectivity index is 1.99. The summed E-state index contributed by atoms with van der Waals surface area (Å²) in [6, 6.07) is 5.85. The minimum atomic E-state index is -0.127. The van der Waals surface area contributed by atoms with E-state index >= 15 is 0 Å². The van der Waals surface area contributed by atoms with Gasteiger partial charge in [0.1, 0.15) is 23.0 Å². The molecule has 0 fully saturated rings. The van der Waals surface area contributed by atoms with Crippen molar-refractivity contribution in [1.82, 2.24) is 0 Å². The van der Waals surface area contributed by atoms with Crippen LogP contribution in [-0.2, 0) is 12.8 Å². The molecule has 0 saturated carbocycles. The first-order valence-corrected chi connectivity index (χ1v) is 12.2. The van der Waals surface area contributed by atoms with Gasteiger partial charge in [0, 0.05) is 50.3 Å². The number of aryl methyl sites for hydroxylation is 2. The molecule has 2 heterocycles. The molecule has 0 aromatic carbocycles. The summed E-state index contributed by atoms with van der Waals surface area (Å²) in [5.74, 6) is 2.07. The van der Waals surface area contributed by atoms with Crippen LogP contribution in [-0.4, -0.2) is 23.4 Å². The average molecular weight is 473 g/mol. The van der Waals surface area contributed by atoms with E-state index in [-0.39, 0.29) is 34.9 Å². The molecule has 0 atom stereocenters. The van der Waals surface area contributed by atoms with Crippen molar-refractivity contribution in [2.24, 2.45) is 10.8 Å². The van der Waals surface area contributed by atoms with Crippen molar-refractivity contribution in [1.29, 1.82) is 0 Å². The summed E-state index contributed by atoms with van der Waals surface area (Å²) in [4.78, 5) is 24.2. The summed E-state index contributed by atoms with van der Waals surface area (Å²) >= 11 is 0. The number of aliphatic hydroxyl groups is 2. The predicted molar refractivity (Wildman–Crippen MR) is 136 cm³/mol. The van der Waals surface area contributed by atoms with Gasteiger partial charge in [0.2, 0.25) is 0 Å². The van der Waals surface area contributed by atoms with Crippen molar-refractivity contribution in [3.8, 4) is 0 Å². The molecule has 0 spiro atoms. The number of hydrogen-bond acceptors (Lipinski definition) is 6. The van der Waals surface area contributed by atoms with Gasteiger partial charge in [0.25, 0.3) is 0 Å². The predicted octanol–water partition coefficient (Wildman–Crippen LogP) is 5.23. The summed E-state index contributed by atoms with van der Waals surface area (Å²) in [5, 5.41) is 18.7. The molecule has 2 aromatic rings. The normalized spacial score (nSPS) is 12.5. The van der Waals surface area contributed by atoms with Crippen LogP contribution in [0.1, 0.15) is 89.3 Å². The molecule has 0 radical (unpaired) electrons. The van der Waals surface area contributed by atoms with E-state index in [9.17, 15) is 19.8 Å². The molecule has 0 saturated heterocycles. The Morgan fingerprint density at radius 2 is 1.06 bits per heavy atom. The topological polar surface area (TPSA) is 101 Å². The smallest absolute Gasteiger partial charge is 0.185 e. The Morgan fingerprint density at radius 1 is 0.676 bits per heavy atom. The van der Waals surface area contributed by atoms with Gasteiger partial charge < -0.3 is 19.0 Å². The molecule has 0 aliphatic rings. The largest absolute Gasteiger partial charge is 0.461 e. The quantitative estimate of drug-likeness (QED) is 0.365. The van der Waals surface area contributed by atoms with Crippen LogP contribution >= 0.6 is 0 Å². The lowest BCUT2D eigenvalue weighted by Gasteiger charge is -2.20. The second-order valence-electron chi connectivity index (χ2n) is 10.7. The summed E-state index contributed by atoms with van der Waals surface area (Å²) in [6.45, 7) is 8.44. The zero-order chi connectivity index (χ0) is 25.2. The third-order valence-corrected chi connectivity index (χ3v) is 5.99. The van der Waals surface area contributed by atoms with Crippen molar-refractivity contribution in [2.45, 2.75) is 79.1 Å². The third-order valence-electron chi connectivity index (χ3n) is 5.99. The molecule has 34 heavy (non-hydrogen) atoms. The minimum Gasteiger partial charge on any atom is -0.461 e. The molecule has 0 aliphatic heterocycles. The van der Waals surface area contributed by atoms with Crippen molar-refractivity contribution in [3.63, 3.8) is 0 Å². The first-order valence-electron chi connectivity index (χ1n) is 12.2. The molecule has 2 rings (SSSR count). The first-order chi connectivity index (χ1) is 16.0. The lowest BCUT2D eigenvalue weighted by atomic mass is 9.88. The maximum atomic E-state index is 12.1. The second kappa shape index (κ2) is 12.9. The fourth-order valence-electron chi connectivity index (χ4n) is 3.64. The van der Waals surface area contributed by atoms with Crippen LogP contribution in [0.25, 0.3) is 12.2 Å². The van der Waals surface area contributed by atoms with E-state index in [1.54, 1.807) is 12.2 Å². The van der Waals surface area contributed by atoms with Crippen LogP contribution in [0.5, 0.6) is 0 Å². The fraction of sp³-hybridized carbons (Fsp3) is 0.571. The molecule has 0 aliphatic carbocycles. The monoisotopic (exact) mass is 472 g/mol. The van der Waals surface area contributed by atoms with Crippen LogP contribution in [0, 0.1) is 10.8 Å².